The van der Waals surface area contributed by atoms with E-state index >= 15 is 0 Å². The molecular formula is C18H11Br4NO8S2. The number of benzene rings is 2. The largest absolute Gasteiger partial charge is 0.446 e. The maximum atomic E-state index is 11.2. The quantitative estimate of drug-likeness (QED) is 0.292. The van der Waals surface area contributed by atoms with Gasteiger partial charge in [0.1, 0.15) is 0 Å². The topological polar surface area (TPSA) is 140 Å². The summed E-state index contributed by atoms with van der Waals surface area (Å²) in [4.78, 5) is 4.42. The van der Waals surface area contributed by atoms with Crippen LogP contribution in [-0.4, -0.2) is 30.9 Å². The van der Waals surface area contributed by atoms with Crippen molar-refractivity contribution in [2.75, 3.05) is 0 Å². The van der Waals surface area contributed by atoms with Gasteiger partial charge >= 0.3 is 20.8 Å². The second-order valence-corrected chi connectivity index (χ2v) is 11.8. The zero-order valence-electron chi connectivity index (χ0n) is 15.8. The predicted molar refractivity (Wildman–Crippen MR) is 133 cm³/mol. The Balaban J connectivity index is 2.20. The summed E-state index contributed by atoms with van der Waals surface area (Å²) in [5.41, 5.74) is 1.89. The van der Waals surface area contributed by atoms with Crippen LogP contribution in [0, 0.1) is 0 Å². The molecule has 0 saturated heterocycles. The summed E-state index contributed by atoms with van der Waals surface area (Å²) in [6, 6.07) is 11.7. The Labute approximate surface area is 223 Å². The molecule has 9 nitrogen and oxygen atoms in total. The summed E-state index contributed by atoms with van der Waals surface area (Å²) >= 11 is 13.0. The average Bonchev–Trinajstić information content (AvgIpc) is 2.67. The molecule has 2 N–H and O–H groups in total. The van der Waals surface area contributed by atoms with Crippen molar-refractivity contribution >= 4 is 84.5 Å². The molecule has 0 spiro atoms. The highest BCUT2D eigenvalue weighted by Crippen LogP contribution is 2.43. The highest BCUT2D eigenvalue weighted by molar-refractivity contribution is 9.11. The monoisotopic (exact) mass is 749 g/mol. The summed E-state index contributed by atoms with van der Waals surface area (Å²) in [5, 5.41) is 0. The van der Waals surface area contributed by atoms with Crippen molar-refractivity contribution in [2.24, 2.45) is 0 Å². The zero-order valence-corrected chi connectivity index (χ0v) is 23.8. The third-order valence-corrected chi connectivity index (χ3v) is 7.18. The van der Waals surface area contributed by atoms with E-state index in [1.807, 2.05) is 0 Å². The maximum Gasteiger partial charge on any atom is 0.446 e. The Morgan fingerprint density at radius 2 is 1.12 bits per heavy atom. The minimum atomic E-state index is -4.76. The molecule has 176 valence electrons. The fraction of sp³-hybridized carbons (Fsp3) is 0.0556. The van der Waals surface area contributed by atoms with E-state index in [-0.39, 0.29) is 29.4 Å². The summed E-state index contributed by atoms with van der Waals surface area (Å²) < 4.78 is 72.9. The van der Waals surface area contributed by atoms with Crippen molar-refractivity contribution in [1.29, 1.82) is 0 Å². The van der Waals surface area contributed by atoms with Gasteiger partial charge in [0.15, 0.2) is 11.5 Å². The molecule has 0 fully saturated rings. The van der Waals surface area contributed by atoms with Crippen LogP contribution in [0.25, 0.3) is 0 Å². The van der Waals surface area contributed by atoms with Crippen molar-refractivity contribution in [3.63, 3.8) is 0 Å². The molecule has 0 unspecified atom stereocenters. The second-order valence-electron chi connectivity index (χ2n) is 6.34. The SMILES string of the molecule is O=S(=O)(O)Oc1c(Br)cc(C(c2cc(Br)c(OS(=O)(=O)O)c(Br)c2)c2ccccn2)cc1Br. The summed E-state index contributed by atoms with van der Waals surface area (Å²) in [7, 11) is -9.52. The smallest absolute Gasteiger partial charge is 0.359 e. The Hall–Kier alpha value is -1.07. The van der Waals surface area contributed by atoms with E-state index in [4.69, 9.17) is 9.11 Å². The molecule has 15 heteroatoms. The second kappa shape index (κ2) is 10.3. The van der Waals surface area contributed by atoms with Crippen LogP contribution in [0.3, 0.4) is 0 Å². The molecule has 3 aromatic rings. The van der Waals surface area contributed by atoms with Gasteiger partial charge in [-0.1, -0.05) is 6.07 Å². The van der Waals surface area contributed by atoms with Gasteiger partial charge in [0, 0.05) is 6.20 Å². The molecule has 0 aliphatic rings. The van der Waals surface area contributed by atoms with E-state index in [1.54, 1.807) is 48.7 Å². The number of nitrogens with zero attached hydrogens (tertiary/aromatic N) is 1. The standard InChI is InChI=1S/C18H11Br4NO8S2/c19-11-5-9(6-12(20)17(11)30-32(24,25)26)16(15-3-1-2-4-23-15)10-7-13(21)18(14(22)8-10)31-33(27,28)29/h1-8,16H,(H,24,25,26)(H,27,28,29). The molecular weight excluding hydrogens is 742 g/mol. The molecule has 0 atom stereocenters. The molecule has 0 aliphatic heterocycles. The third-order valence-electron chi connectivity index (χ3n) is 4.07. The molecule has 2 aromatic carbocycles. The lowest BCUT2D eigenvalue weighted by Gasteiger charge is -2.21. The van der Waals surface area contributed by atoms with Crippen LogP contribution in [0.15, 0.2) is 66.6 Å². The number of pyridine rings is 1. The first kappa shape index (κ1) is 26.5. The van der Waals surface area contributed by atoms with Crippen LogP contribution in [0.4, 0.5) is 0 Å². The first-order valence-corrected chi connectivity index (χ1v) is 14.4. The van der Waals surface area contributed by atoms with Crippen molar-refractivity contribution < 1.29 is 34.3 Å². The normalized spacial score (nSPS) is 12.1. The van der Waals surface area contributed by atoms with Crippen LogP contribution in [0.5, 0.6) is 11.5 Å². The lowest BCUT2D eigenvalue weighted by Crippen LogP contribution is -2.10. The first-order chi connectivity index (χ1) is 15.2. The molecule has 0 saturated carbocycles. The summed E-state index contributed by atoms with van der Waals surface area (Å²) in [6.07, 6.45) is 1.60. The Bertz CT molecular complexity index is 1280. The van der Waals surface area contributed by atoms with Gasteiger partial charge in [-0.05, 0) is 111 Å². The molecule has 33 heavy (non-hydrogen) atoms. The van der Waals surface area contributed by atoms with Crippen LogP contribution in [0.2, 0.25) is 0 Å². The van der Waals surface area contributed by atoms with Gasteiger partial charge < -0.3 is 8.37 Å². The van der Waals surface area contributed by atoms with Crippen LogP contribution >= 0.6 is 63.7 Å². The van der Waals surface area contributed by atoms with Crippen LogP contribution in [-0.2, 0) is 20.8 Å². The van der Waals surface area contributed by atoms with Crippen molar-refractivity contribution in [1.82, 2.24) is 4.98 Å². The number of hydrogen-bond donors (Lipinski definition) is 2. The van der Waals surface area contributed by atoms with Gasteiger partial charge in [-0.2, -0.15) is 16.8 Å². The van der Waals surface area contributed by atoms with Gasteiger partial charge in [0.05, 0.1) is 29.5 Å². The molecule has 3 rings (SSSR count). The van der Waals surface area contributed by atoms with Gasteiger partial charge in [-0.25, -0.2) is 0 Å². The summed E-state index contributed by atoms with van der Waals surface area (Å²) in [5.74, 6) is -0.827. The van der Waals surface area contributed by atoms with E-state index in [2.05, 4.69) is 77.1 Å². The maximum absolute atomic E-state index is 11.2. The van der Waals surface area contributed by atoms with E-state index in [0.717, 1.165) is 0 Å². The van der Waals surface area contributed by atoms with Gasteiger partial charge in [-0.15, -0.1) is 0 Å². The van der Waals surface area contributed by atoms with Gasteiger partial charge in [0.2, 0.25) is 0 Å². The van der Waals surface area contributed by atoms with Crippen LogP contribution in [0.1, 0.15) is 22.7 Å². The number of halogens is 4. The highest BCUT2D eigenvalue weighted by Gasteiger charge is 2.25. The minimum absolute atomic E-state index is 0.153. The fourth-order valence-electron chi connectivity index (χ4n) is 2.94. The highest BCUT2D eigenvalue weighted by atomic mass is 79.9. The lowest BCUT2D eigenvalue weighted by atomic mass is 9.88. The summed E-state index contributed by atoms with van der Waals surface area (Å²) in [6.45, 7) is 0. The molecule has 0 amide bonds. The number of aromatic nitrogens is 1. The Kier molecular flexibility index (Phi) is 8.26. The van der Waals surface area contributed by atoms with E-state index in [0.29, 0.717) is 16.8 Å². The van der Waals surface area contributed by atoms with E-state index in [9.17, 15) is 16.8 Å². The Morgan fingerprint density at radius 3 is 1.42 bits per heavy atom. The van der Waals surface area contributed by atoms with Gasteiger partial charge in [-0.3, -0.25) is 14.1 Å². The molecule has 0 aliphatic carbocycles. The molecule has 1 aromatic heterocycles. The fourth-order valence-corrected chi connectivity index (χ4v) is 6.92. The Morgan fingerprint density at radius 1 is 0.727 bits per heavy atom. The van der Waals surface area contributed by atoms with E-state index < -0.39 is 26.7 Å². The molecule has 0 bridgehead atoms. The van der Waals surface area contributed by atoms with E-state index in [1.165, 1.54) is 0 Å². The van der Waals surface area contributed by atoms with Crippen molar-refractivity contribution in [3.05, 3.63) is 83.4 Å². The number of hydrogen-bond acceptors (Lipinski definition) is 7. The van der Waals surface area contributed by atoms with Crippen molar-refractivity contribution in [2.45, 2.75) is 5.92 Å². The molecule has 0 radical (unpaired) electrons. The lowest BCUT2D eigenvalue weighted by molar-refractivity contribution is 0.382. The zero-order chi connectivity index (χ0) is 24.6. The van der Waals surface area contributed by atoms with Crippen LogP contribution < -0.4 is 8.37 Å². The minimum Gasteiger partial charge on any atom is -0.359 e. The van der Waals surface area contributed by atoms with Gasteiger partial charge in [0.25, 0.3) is 0 Å². The average molecular weight is 753 g/mol. The predicted octanol–water partition coefficient (Wildman–Crippen LogP) is 5.68. The van der Waals surface area contributed by atoms with Crippen molar-refractivity contribution in [3.8, 4) is 11.5 Å². The third kappa shape index (κ3) is 6.97. The number of rotatable bonds is 7. The molecule has 1 heterocycles. The first-order valence-electron chi connectivity index (χ1n) is 8.48.